The van der Waals surface area contributed by atoms with Gasteiger partial charge in [-0.1, -0.05) is 0 Å². The summed E-state index contributed by atoms with van der Waals surface area (Å²) >= 11 is 0. The molecule has 0 heterocycles. The van der Waals surface area contributed by atoms with Crippen molar-refractivity contribution in [3.63, 3.8) is 0 Å². The van der Waals surface area contributed by atoms with E-state index in [1.807, 2.05) is 0 Å². The second kappa shape index (κ2) is 3.83. The fourth-order valence-corrected chi connectivity index (χ4v) is 1.30. The van der Waals surface area contributed by atoms with Gasteiger partial charge in [-0.2, -0.15) is 8.42 Å². The van der Waals surface area contributed by atoms with Gasteiger partial charge in [-0.05, 0) is 12.1 Å². The molecule has 6 heteroatoms. The van der Waals surface area contributed by atoms with Gasteiger partial charge in [0.15, 0.2) is 11.6 Å². The van der Waals surface area contributed by atoms with E-state index in [0.29, 0.717) is 5.75 Å². The fraction of sp³-hybridized carbons (Fsp3) is 0.250. The van der Waals surface area contributed by atoms with Crippen molar-refractivity contribution in [3.05, 3.63) is 24.0 Å². The lowest BCUT2D eigenvalue weighted by atomic mass is 10.3. The number of hydrogen-bond donors (Lipinski definition) is 0. The number of rotatable bonds is 3. The zero-order chi connectivity index (χ0) is 10.8. The molecule has 0 aliphatic rings. The zero-order valence-corrected chi connectivity index (χ0v) is 8.47. The van der Waals surface area contributed by atoms with E-state index < -0.39 is 15.9 Å². The third-order valence-corrected chi connectivity index (χ3v) is 1.86. The molecular formula is C8H9FO4S. The van der Waals surface area contributed by atoms with Crippen molar-refractivity contribution in [2.24, 2.45) is 0 Å². The Bertz CT molecular complexity index is 427. The summed E-state index contributed by atoms with van der Waals surface area (Å²) in [5.74, 6) is -0.827. The molecule has 0 unspecified atom stereocenters. The van der Waals surface area contributed by atoms with Crippen molar-refractivity contribution in [2.75, 3.05) is 13.4 Å². The molecule has 0 atom stereocenters. The second-order valence-corrected chi connectivity index (χ2v) is 4.16. The van der Waals surface area contributed by atoms with Crippen LogP contribution in [0.2, 0.25) is 0 Å². The highest BCUT2D eigenvalue weighted by Gasteiger charge is 2.10. The quantitative estimate of drug-likeness (QED) is 0.717. The molecule has 1 aromatic rings. The molecule has 4 nitrogen and oxygen atoms in total. The molecule has 0 aliphatic heterocycles. The molecule has 0 saturated carbocycles. The van der Waals surface area contributed by atoms with Gasteiger partial charge in [-0.15, -0.1) is 0 Å². The number of halogens is 1. The minimum absolute atomic E-state index is 0.295. The predicted octanol–water partition coefficient (Wildman–Crippen LogP) is 1.17. The molecule has 0 aliphatic carbocycles. The molecule has 1 aromatic carbocycles. The van der Waals surface area contributed by atoms with Crippen LogP contribution in [0.25, 0.3) is 0 Å². The third kappa shape index (κ3) is 2.88. The van der Waals surface area contributed by atoms with E-state index in [4.69, 9.17) is 4.74 Å². The summed E-state index contributed by atoms with van der Waals surface area (Å²) in [6.45, 7) is 0. The molecule has 78 valence electrons. The van der Waals surface area contributed by atoms with Gasteiger partial charge in [-0.3, -0.25) is 0 Å². The monoisotopic (exact) mass is 220 g/mol. The average molecular weight is 220 g/mol. The summed E-state index contributed by atoms with van der Waals surface area (Å²) in [4.78, 5) is 0. The lowest BCUT2D eigenvalue weighted by molar-refractivity contribution is 0.407. The first-order valence-electron chi connectivity index (χ1n) is 3.65. The van der Waals surface area contributed by atoms with Crippen molar-refractivity contribution in [1.82, 2.24) is 0 Å². The normalized spacial score (nSPS) is 11.1. The Morgan fingerprint density at radius 3 is 2.43 bits per heavy atom. The van der Waals surface area contributed by atoms with E-state index in [-0.39, 0.29) is 5.75 Å². The molecule has 0 N–H and O–H groups in total. The Balaban J connectivity index is 3.01. The maximum absolute atomic E-state index is 13.1. The van der Waals surface area contributed by atoms with Crippen LogP contribution in [0.5, 0.6) is 11.5 Å². The molecule has 1 rings (SSSR count). The van der Waals surface area contributed by atoms with Crippen LogP contribution in [0.1, 0.15) is 0 Å². The van der Waals surface area contributed by atoms with Crippen molar-refractivity contribution in [3.8, 4) is 11.5 Å². The Kier molecular flexibility index (Phi) is 2.95. The summed E-state index contributed by atoms with van der Waals surface area (Å²) in [5, 5.41) is 0. The fourth-order valence-electron chi connectivity index (χ4n) is 0.839. The number of methoxy groups -OCH3 is 1. The number of benzene rings is 1. The second-order valence-electron chi connectivity index (χ2n) is 2.58. The van der Waals surface area contributed by atoms with Crippen LogP contribution in [0.15, 0.2) is 18.2 Å². The Morgan fingerprint density at radius 1 is 1.36 bits per heavy atom. The standard InChI is InChI=1S/C8H9FO4S/c1-12-6-3-4-8(7(9)5-6)13-14(2,10)11/h3-5H,1-2H3. The van der Waals surface area contributed by atoms with Crippen LogP contribution < -0.4 is 8.92 Å². The van der Waals surface area contributed by atoms with Crippen molar-refractivity contribution >= 4 is 10.1 Å². The van der Waals surface area contributed by atoms with Crippen LogP contribution in [0, 0.1) is 5.82 Å². The number of ether oxygens (including phenoxy) is 1. The first-order chi connectivity index (χ1) is 6.42. The topological polar surface area (TPSA) is 52.6 Å². The summed E-state index contributed by atoms with van der Waals surface area (Å²) < 4.78 is 43.6. The minimum atomic E-state index is -3.70. The van der Waals surface area contributed by atoms with Gasteiger partial charge in [0, 0.05) is 6.07 Å². The molecule has 0 aromatic heterocycles. The van der Waals surface area contributed by atoms with Gasteiger partial charge in [-0.25, -0.2) is 4.39 Å². The molecule has 0 fully saturated rings. The molecule has 0 bridgehead atoms. The Morgan fingerprint density at radius 2 is 2.00 bits per heavy atom. The summed E-state index contributed by atoms with van der Waals surface area (Å²) in [7, 11) is -2.32. The van der Waals surface area contributed by atoms with Crippen LogP contribution in [0.3, 0.4) is 0 Å². The molecule has 14 heavy (non-hydrogen) atoms. The smallest absolute Gasteiger partial charge is 0.306 e. The summed E-state index contributed by atoms with van der Waals surface area (Å²) in [6, 6.07) is 3.64. The zero-order valence-electron chi connectivity index (χ0n) is 7.65. The van der Waals surface area contributed by atoms with Gasteiger partial charge >= 0.3 is 10.1 Å². The first-order valence-corrected chi connectivity index (χ1v) is 5.47. The van der Waals surface area contributed by atoms with Crippen molar-refractivity contribution in [2.45, 2.75) is 0 Å². The van der Waals surface area contributed by atoms with Gasteiger partial charge in [0.1, 0.15) is 5.75 Å². The maximum atomic E-state index is 13.1. The minimum Gasteiger partial charge on any atom is -0.497 e. The van der Waals surface area contributed by atoms with E-state index in [1.165, 1.54) is 19.2 Å². The van der Waals surface area contributed by atoms with E-state index in [2.05, 4.69) is 4.18 Å². The van der Waals surface area contributed by atoms with Gasteiger partial charge in [0.25, 0.3) is 0 Å². The SMILES string of the molecule is COc1ccc(OS(C)(=O)=O)c(F)c1. The first kappa shape index (κ1) is 10.8. The highest BCUT2D eigenvalue weighted by molar-refractivity contribution is 7.86. The van der Waals surface area contributed by atoms with Crippen LogP contribution in [0.4, 0.5) is 4.39 Å². The lowest BCUT2D eigenvalue weighted by Gasteiger charge is -2.05. The van der Waals surface area contributed by atoms with E-state index >= 15 is 0 Å². The Hall–Kier alpha value is -1.30. The molecular weight excluding hydrogens is 211 g/mol. The molecule has 0 spiro atoms. The van der Waals surface area contributed by atoms with Crippen LogP contribution in [-0.2, 0) is 10.1 Å². The van der Waals surface area contributed by atoms with Gasteiger partial charge in [0.05, 0.1) is 13.4 Å². The van der Waals surface area contributed by atoms with Crippen LogP contribution in [-0.4, -0.2) is 21.8 Å². The summed E-state index contributed by atoms with van der Waals surface area (Å²) in [6.07, 6.45) is 0.844. The molecule has 0 amide bonds. The van der Waals surface area contributed by atoms with Gasteiger partial charge in [0.2, 0.25) is 0 Å². The average Bonchev–Trinajstić information content (AvgIpc) is 2.06. The number of hydrogen-bond acceptors (Lipinski definition) is 4. The maximum Gasteiger partial charge on any atom is 0.306 e. The predicted molar refractivity (Wildman–Crippen MR) is 48.4 cm³/mol. The van der Waals surface area contributed by atoms with Crippen LogP contribution >= 0.6 is 0 Å². The third-order valence-electron chi connectivity index (χ3n) is 1.38. The van der Waals surface area contributed by atoms with Crippen molar-refractivity contribution < 1.29 is 21.7 Å². The van der Waals surface area contributed by atoms with E-state index in [0.717, 1.165) is 12.3 Å². The molecule has 0 radical (unpaired) electrons. The van der Waals surface area contributed by atoms with E-state index in [9.17, 15) is 12.8 Å². The van der Waals surface area contributed by atoms with Crippen molar-refractivity contribution in [1.29, 1.82) is 0 Å². The largest absolute Gasteiger partial charge is 0.497 e. The Labute approximate surface area is 81.4 Å². The van der Waals surface area contributed by atoms with E-state index in [1.54, 1.807) is 0 Å². The molecule has 0 saturated heterocycles. The lowest BCUT2D eigenvalue weighted by Crippen LogP contribution is -2.07. The summed E-state index contributed by atoms with van der Waals surface area (Å²) in [5.41, 5.74) is 0. The highest BCUT2D eigenvalue weighted by Crippen LogP contribution is 2.23. The highest BCUT2D eigenvalue weighted by atomic mass is 32.2. The van der Waals surface area contributed by atoms with Gasteiger partial charge < -0.3 is 8.92 Å².